The zero-order chi connectivity index (χ0) is 26.8. The number of rotatable bonds is 10. The first-order chi connectivity index (χ1) is 18.4. The van der Waals surface area contributed by atoms with Crippen LogP contribution in [0.4, 0.5) is 5.82 Å². The molecule has 1 atom stereocenters. The molecule has 200 valence electrons. The van der Waals surface area contributed by atoms with Crippen molar-refractivity contribution in [2.24, 2.45) is 0 Å². The predicted octanol–water partition coefficient (Wildman–Crippen LogP) is 3.73. The Bertz CT molecular complexity index is 1390. The Balaban J connectivity index is 1.49. The summed E-state index contributed by atoms with van der Waals surface area (Å²) in [5.41, 5.74) is 3.71. The van der Waals surface area contributed by atoms with Crippen molar-refractivity contribution in [2.45, 2.75) is 32.9 Å². The number of anilines is 1. The Morgan fingerprint density at radius 2 is 1.95 bits per heavy atom. The number of hydrogen-bond acceptors (Lipinski definition) is 8. The summed E-state index contributed by atoms with van der Waals surface area (Å²) in [6.07, 6.45) is 3.71. The van der Waals surface area contributed by atoms with Gasteiger partial charge in [-0.15, -0.1) is 11.3 Å². The van der Waals surface area contributed by atoms with Gasteiger partial charge in [0.2, 0.25) is 0 Å². The molecule has 0 radical (unpaired) electrons. The lowest BCUT2D eigenvalue weighted by Crippen LogP contribution is -2.57. The molecule has 0 saturated carbocycles. The summed E-state index contributed by atoms with van der Waals surface area (Å²) >= 11 is 1.65. The predicted molar refractivity (Wildman–Crippen MR) is 154 cm³/mol. The average molecular weight is 533 g/mol. The van der Waals surface area contributed by atoms with Crippen LogP contribution in [-0.2, 0) is 0 Å². The van der Waals surface area contributed by atoms with Crippen LogP contribution in [0.2, 0.25) is 0 Å². The van der Waals surface area contributed by atoms with Crippen LogP contribution in [0.15, 0.2) is 48.1 Å². The minimum atomic E-state index is -0.0951. The Kier molecular flexibility index (Phi) is 7.73. The molecule has 1 aliphatic rings. The van der Waals surface area contributed by atoms with Crippen LogP contribution >= 0.6 is 11.3 Å². The maximum absolute atomic E-state index is 13.4. The maximum atomic E-state index is 13.4. The minimum Gasteiger partial charge on any atom is -0.353 e. The van der Waals surface area contributed by atoms with E-state index >= 15 is 0 Å². The van der Waals surface area contributed by atoms with Crippen molar-refractivity contribution in [1.82, 2.24) is 34.7 Å². The monoisotopic (exact) mass is 532 g/mol. The van der Waals surface area contributed by atoms with Crippen LogP contribution in [0.5, 0.6) is 0 Å². The normalized spacial score (nSPS) is 14.9. The van der Waals surface area contributed by atoms with Gasteiger partial charge in [0.05, 0.1) is 28.0 Å². The minimum absolute atomic E-state index is 0.0951. The molecule has 0 spiro atoms. The lowest BCUT2D eigenvalue weighted by atomic mass is 10.1. The summed E-state index contributed by atoms with van der Waals surface area (Å²) in [5, 5.41) is 9.71. The van der Waals surface area contributed by atoms with E-state index in [2.05, 4.69) is 66.0 Å². The summed E-state index contributed by atoms with van der Waals surface area (Å²) in [6.45, 7) is 10.7. The number of nitrogens with one attached hydrogen (secondary N) is 1. The van der Waals surface area contributed by atoms with Gasteiger partial charge >= 0.3 is 0 Å². The molecule has 4 aromatic heterocycles. The second-order valence-corrected chi connectivity index (χ2v) is 11.0. The molecule has 38 heavy (non-hydrogen) atoms. The number of carbonyl (C=O) groups excluding carboxylic acids is 1. The van der Waals surface area contributed by atoms with Gasteiger partial charge in [-0.2, -0.15) is 5.10 Å². The molecule has 0 aromatic carbocycles. The number of thiophene rings is 1. The van der Waals surface area contributed by atoms with E-state index in [0.29, 0.717) is 23.8 Å². The fourth-order valence-corrected chi connectivity index (χ4v) is 5.54. The van der Waals surface area contributed by atoms with Gasteiger partial charge in [0.1, 0.15) is 5.82 Å². The number of likely N-dealkylation sites (N-methyl/N-ethyl adjacent to an activating group) is 2. The lowest BCUT2D eigenvalue weighted by molar-refractivity contribution is 0.0938. The van der Waals surface area contributed by atoms with Crippen LogP contribution in [0, 0.1) is 0 Å². The van der Waals surface area contributed by atoms with Gasteiger partial charge in [-0.25, -0.2) is 14.5 Å². The van der Waals surface area contributed by atoms with E-state index in [0.717, 1.165) is 53.8 Å². The molecule has 4 aromatic rings. The van der Waals surface area contributed by atoms with Crippen LogP contribution in [0.1, 0.15) is 31.1 Å². The van der Waals surface area contributed by atoms with E-state index in [1.807, 2.05) is 35.8 Å². The SMILES string of the molecule is CCN(CC)[C@@H](C)CNC(=O)c1cc(-c2cnn3ccc(-c4cccs4)nc23)nc(N2CC(N(C)C)C2)c1. The molecule has 10 heteroatoms. The van der Waals surface area contributed by atoms with Gasteiger partial charge in [-0.3, -0.25) is 9.69 Å². The van der Waals surface area contributed by atoms with Gasteiger partial charge in [-0.1, -0.05) is 19.9 Å². The third-order valence-electron chi connectivity index (χ3n) is 7.40. The van der Waals surface area contributed by atoms with E-state index in [1.165, 1.54) is 0 Å². The lowest BCUT2D eigenvalue weighted by Gasteiger charge is -2.43. The highest BCUT2D eigenvalue weighted by Gasteiger charge is 2.30. The summed E-state index contributed by atoms with van der Waals surface area (Å²) in [7, 11) is 4.19. The molecule has 1 amide bonds. The Morgan fingerprint density at radius 1 is 1.16 bits per heavy atom. The zero-order valence-corrected chi connectivity index (χ0v) is 23.6. The van der Waals surface area contributed by atoms with Gasteiger partial charge < -0.3 is 15.1 Å². The quantitative estimate of drug-likeness (QED) is 0.333. The molecule has 5 heterocycles. The molecular weight excluding hydrogens is 496 g/mol. The third-order valence-corrected chi connectivity index (χ3v) is 8.30. The molecule has 1 fully saturated rings. The summed E-state index contributed by atoms with van der Waals surface area (Å²) < 4.78 is 1.76. The van der Waals surface area contributed by atoms with E-state index in [1.54, 1.807) is 22.0 Å². The molecule has 0 unspecified atom stereocenters. The number of nitrogens with zero attached hydrogens (tertiary/aromatic N) is 7. The van der Waals surface area contributed by atoms with Crippen LogP contribution in [0.3, 0.4) is 0 Å². The number of hydrogen-bond donors (Lipinski definition) is 1. The zero-order valence-electron chi connectivity index (χ0n) is 22.8. The number of carbonyl (C=O) groups is 1. The molecule has 1 saturated heterocycles. The summed E-state index contributed by atoms with van der Waals surface area (Å²) in [6, 6.07) is 10.5. The second-order valence-electron chi connectivity index (χ2n) is 10.0. The summed E-state index contributed by atoms with van der Waals surface area (Å²) in [5.74, 6) is 0.707. The average Bonchev–Trinajstić information content (AvgIpc) is 3.56. The second kappa shape index (κ2) is 11.2. The van der Waals surface area contributed by atoms with E-state index in [9.17, 15) is 4.79 Å². The number of amides is 1. The van der Waals surface area contributed by atoms with Gasteiger partial charge in [-0.05, 0) is 63.8 Å². The highest BCUT2D eigenvalue weighted by Crippen LogP contribution is 2.30. The van der Waals surface area contributed by atoms with Crippen molar-refractivity contribution in [3.8, 4) is 21.8 Å². The number of aromatic nitrogens is 4. The molecule has 1 N–H and O–H groups in total. The molecular formula is C28H36N8OS. The van der Waals surface area contributed by atoms with Crippen LogP contribution < -0.4 is 10.2 Å². The van der Waals surface area contributed by atoms with Crippen LogP contribution in [-0.4, -0.2) is 94.2 Å². The van der Waals surface area contributed by atoms with Gasteiger partial charge in [0, 0.05) is 43.5 Å². The topological polar surface area (TPSA) is 81.9 Å². The number of fused-ring (bicyclic) bond motifs is 1. The van der Waals surface area contributed by atoms with E-state index in [4.69, 9.17) is 9.97 Å². The molecule has 5 rings (SSSR count). The first-order valence-corrected chi connectivity index (χ1v) is 14.1. The third kappa shape index (κ3) is 5.29. The number of pyridine rings is 1. The van der Waals surface area contributed by atoms with Gasteiger partial charge in [0.25, 0.3) is 5.91 Å². The highest BCUT2D eigenvalue weighted by molar-refractivity contribution is 7.13. The molecule has 1 aliphatic heterocycles. The maximum Gasteiger partial charge on any atom is 0.251 e. The van der Waals surface area contributed by atoms with Crippen molar-refractivity contribution in [3.63, 3.8) is 0 Å². The van der Waals surface area contributed by atoms with Crippen molar-refractivity contribution in [2.75, 3.05) is 51.7 Å². The Labute approximate surface area is 228 Å². The molecule has 0 bridgehead atoms. The van der Waals surface area contributed by atoms with Crippen molar-refractivity contribution >= 4 is 28.7 Å². The Morgan fingerprint density at radius 3 is 2.63 bits per heavy atom. The van der Waals surface area contributed by atoms with Gasteiger partial charge in [0.15, 0.2) is 5.65 Å². The first-order valence-electron chi connectivity index (χ1n) is 13.2. The standard InChI is InChI=1S/C28H36N8OS/c1-6-34(7-2)19(3)15-29-28(37)20-13-24(31-26(14-20)35-17-21(18-35)33(4)5)22-16-30-36-11-10-23(32-27(22)36)25-9-8-12-38-25/h8-14,16,19,21H,6-7,15,17-18H2,1-5H3,(H,29,37)/t19-/m0/s1. The van der Waals surface area contributed by atoms with Crippen molar-refractivity contribution < 1.29 is 4.79 Å². The summed E-state index contributed by atoms with van der Waals surface area (Å²) in [4.78, 5) is 31.2. The molecule has 9 nitrogen and oxygen atoms in total. The van der Waals surface area contributed by atoms with E-state index in [-0.39, 0.29) is 11.9 Å². The molecule has 0 aliphatic carbocycles. The van der Waals surface area contributed by atoms with Crippen molar-refractivity contribution in [3.05, 3.63) is 53.7 Å². The fourth-order valence-electron chi connectivity index (χ4n) is 4.85. The first kappa shape index (κ1) is 26.3. The Hall–Kier alpha value is -3.34. The smallest absolute Gasteiger partial charge is 0.251 e. The van der Waals surface area contributed by atoms with Crippen LogP contribution in [0.25, 0.3) is 27.5 Å². The van der Waals surface area contributed by atoms with Crippen molar-refractivity contribution in [1.29, 1.82) is 0 Å². The largest absolute Gasteiger partial charge is 0.353 e. The fraction of sp³-hybridized carbons (Fsp3) is 0.429. The van der Waals surface area contributed by atoms with E-state index < -0.39 is 0 Å². The highest BCUT2D eigenvalue weighted by atomic mass is 32.1.